The Hall–Kier alpha value is -2.32. The summed E-state index contributed by atoms with van der Waals surface area (Å²) in [6.07, 6.45) is 1.45. The molecule has 0 radical (unpaired) electrons. The van der Waals surface area contributed by atoms with Crippen molar-refractivity contribution in [2.45, 2.75) is 0 Å². The summed E-state index contributed by atoms with van der Waals surface area (Å²) in [4.78, 5) is 0. The van der Waals surface area contributed by atoms with Gasteiger partial charge in [0.2, 0.25) is 4.77 Å². The summed E-state index contributed by atoms with van der Waals surface area (Å²) in [6.45, 7) is 0. The van der Waals surface area contributed by atoms with Gasteiger partial charge in [-0.25, -0.2) is 9.49 Å². The highest BCUT2D eigenvalue weighted by Gasteiger charge is 2.09. The van der Waals surface area contributed by atoms with Crippen molar-refractivity contribution in [3.8, 4) is 17.1 Å². The zero-order valence-corrected chi connectivity index (χ0v) is 14.0. The number of nitrogens with one attached hydrogen (secondary N) is 1. The summed E-state index contributed by atoms with van der Waals surface area (Å²) >= 11 is 8.47. The van der Waals surface area contributed by atoms with Crippen LogP contribution in [0.1, 0.15) is 5.56 Å². The van der Waals surface area contributed by atoms with Gasteiger partial charge in [0.15, 0.2) is 5.82 Å². The number of H-pyrrole nitrogens is 1. The van der Waals surface area contributed by atoms with Crippen molar-refractivity contribution in [3.63, 3.8) is 0 Å². The SMILES string of the molecule is Oc1ccc(Br)cc1/C=N/n1c(-c2cccc(F)c2)n[nH]c1=S. The van der Waals surface area contributed by atoms with E-state index in [-0.39, 0.29) is 16.3 Å². The van der Waals surface area contributed by atoms with Crippen molar-refractivity contribution in [2.24, 2.45) is 5.10 Å². The van der Waals surface area contributed by atoms with E-state index < -0.39 is 0 Å². The second kappa shape index (κ2) is 6.43. The van der Waals surface area contributed by atoms with Crippen LogP contribution in [0.4, 0.5) is 4.39 Å². The molecule has 23 heavy (non-hydrogen) atoms. The van der Waals surface area contributed by atoms with E-state index in [9.17, 15) is 9.50 Å². The van der Waals surface area contributed by atoms with E-state index in [4.69, 9.17) is 12.2 Å². The Bertz CT molecular complexity index is 951. The minimum atomic E-state index is -0.378. The normalized spacial score (nSPS) is 11.2. The maximum absolute atomic E-state index is 13.4. The molecule has 0 atom stereocenters. The quantitative estimate of drug-likeness (QED) is 0.520. The molecule has 8 heteroatoms. The van der Waals surface area contributed by atoms with Gasteiger partial charge in [-0.05, 0) is 42.5 Å². The highest BCUT2D eigenvalue weighted by molar-refractivity contribution is 9.10. The van der Waals surface area contributed by atoms with Crippen molar-refractivity contribution in [1.82, 2.24) is 14.9 Å². The van der Waals surface area contributed by atoms with Crippen LogP contribution in [0.25, 0.3) is 11.4 Å². The smallest absolute Gasteiger partial charge is 0.216 e. The van der Waals surface area contributed by atoms with Gasteiger partial charge in [0, 0.05) is 15.6 Å². The number of aromatic nitrogens is 3. The van der Waals surface area contributed by atoms with Crippen LogP contribution in [0.3, 0.4) is 0 Å². The lowest BCUT2D eigenvalue weighted by atomic mass is 10.2. The van der Waals surface area contributed by atoms with Crippen molar-refractivity contribution in [1.29, 1.82) is 0 Å². The zero-order valence-electron chi connectivity index (χ0n) is 11.6. The lowest BCUT2D eigenvalue weighted by molar-refractivity contribution is 0.474. The van der Waals surface area contributed by atoms with Crippen LogP contribution in [0.2, 0.25) is 0 Å². The molecule has 0 amide bonds. The highest BCUT2D eigenvalue weighted by Crippen LogP contribution is 2.21. The summed E-state index contributed by atoms with van der Waals surface area (Å²) in [7, 11) is 0. The Kier molecular flexibility index (Phi) is 4.35. The third-order valence-corrected chi connectivity index (χ3v) is 3.79. The molecule has 1 aromatic heterocycles. The van der Waals surface area contributed by atoms with Crippen LogP contribution in [-0.2, 0) is 0 Å². The van der Waals surface area contributed by atoms with E-state index in [2.05, 4.69) is 31.2 Å². The fraction of sp³-hybridized carbons (Fsp3) is 0. The van der Waals surface area contributed by atoms with Gasteiger partial charge in [0.1, 0.15) is 11.6 Å². The molecular formula is C15H10BrFN4OS. The first-order chi connectivity index (χ1) is 11.0. The van der Waals surface area contributed by atoms with Crippen molar-refractivity contribution in [2.75, 3.05) is 0 Å². The molecule has 5 nitrogen and oxygen atoms in total. The van der Waals surface area contributed by atoms with Crippen molar-refractivity contribution < 1.29 is 9.50 Å². The number of phenols is 1. The fourth-order valence-electron chi connectivity index (χ4n) is 1.96. The molecule has 0 bridgehead atoms. The minimum Gasteiger partial charge on any atom is -0.507 e. The summed E-state index contributed by atoms with van der Waals surface area (Å²) in [6, 6.07) is 10.9. The molecule has 0 unspecified atom stereocenters. The number of nitrogens with zero attached hydrogens (tertiary/aromatic N) is 3. The lowest BCUT2D eigenvalue weighted by Crippen LogP contribution is -1.95. The standard InChI is InChI=1S/C15H10BrFN4OS/c16-11-4-5-13(22)10(6-11)8-18-21-14(19-20-15(21)23)9-2-1-3-12(17)7-9/h1-8,22H,(H,20,23)/b18-8+. The van der Waals surface area contributed by atoms with E-state index in [1.807, 2.05) is 0 Å². The number of aromatic hydroxyl groups is 1. The average molecular weight is 393 g/mol. The molecule has 0 saturated heterocycles. The van der Waals surface area contributed by atoms with Crippen LogP contribution < -0.4 is 0 Å². The van der Waals surface area contributed by atoms with Gasteiger partial charge >= 0.3 is 0 Å². The predicted molar refractivity (Wildman–Crippen MR) is 91.6 cm³/mol. The molecule has 2 N–H and O–H groups in total. The zero-order chi connectivity index (χ0) is 16.4. The van der Waals surface area contributed by atoms with Crippen LogP contribution >= 0.6 is 28.1 Å². The Morgan fingerprint density at radius 1 is 1.30 bits per heavy atom. The Morgan fingerprint density at radius 3 is 2.91 bits per heavy atom. The van der Waals surface area contributed by atoms with Gasteiger partial charge in [-0.3, -0.25) is 0 Å². The van der Waals surface area contributed by atoms with Crippen LogP contribution in [0, 0.1) is 10.6 Å². The van der Waals surface area contributed by atoms with Gasteiger partial charge in [-0.1, -0.05) is 28.1 Å². The third-order valence-electron chi connectivity index (χ3n) is 3.04. The summed E-state index contributed by atoms with van der Waals surface area (Å²) in [5.41, 5.74) is 1.04. The fourth-order valence-corrected chi connectivity index (χ4v) is 2.52. The maximum Gasteiger partial charge on any atom is 0.216 e. The minimum absolute atomic E-state index is 0.0827. The molecule has 0 fully saturated rings. The number of halogens is 2. The van der Waals surface area contributed by atoms with Crippen LogP contribution in [0.5, 0.6) is 5.75 Å². The number of rotatable bonds is 3. The summed E-state index contributed by atoms with van der Waals surface area (Å²) in [5, 5.41) is 20.8. The van der Waals surface area contributed by atoms with Crippen LogP contribution in [-0.4, -0.2) is 26.2 Å². The predicted octanol–water partition coefficient (Wildman–Crippen LogP) is 4.10. The van der Waals surface area contributed by atoms with E-state index >= 15 is 0 Å². The van der Waals surface area contributed by atoms with Gasteiger partial charge in [-0.2, -0.15) is 14.9 Å². The second-order valence-electron chi connectivity index (χ2n) is 4.62. The van der Waals surface area contributed by atoms with Gasteiger partial charge in [-0.15, -0.1) is 0 Å². The Morgan fingerprint density at radius 2 is 2.13 bits per heavy atom. The first-order valence-electron chi connectivity index (χ1n) is 6.51. The second-order valence-corrected chi connectivity index (χ2v) is 5.92. The molecule has 116 valence electrons. The number of phenolic OH excluding ortho intramolecular Hbond substituents is 1. The van der Waals surface area contributed by atoms with E-state index in [1.54, 1.807) is 30.3 Å². The molecule has 3 rings (SSSR count). The van der Waals surface area contributed by atoms with E-state index in [0.717, 1.165) is 4.47 Å². The molecular weight excluding hydrogens is 383 g/mol. The third kappa shape index (κ3) is 3.38. The number of benzene rings is 2. The first kappa shape index (κ1) is 15.6. The number of aromatic amines is 1. The average Bonchev–Trinajstić information content (AvgIpc) is 2.89. The topological polar surface area (TPSA) is 66.2 Å². The summed E-state index contributed by atoms with van der Waals surface area (Å²) in [5.74, 6) is 0.0797. The number of hydrogen-bond acceptors (Lipinski definition) is 4. The molecule has 1 heterocycles. The van der Waals surface area contributed by atoms with Crippen LogP contribution in [0.15, 0.2) is 52.0 Å². The Labute approximate surface area is 144 Å². The molecule has 0 saturated carbocycles. The van der Waals surface area contributed by atoms with Crippen molar-refractivity contribution in [3.05, 3.63) is 63.1 Å². The molecule has 3 aromatic rings. The first-order valence-corrected chi connectivity index (χ1v) is 7.71. The highest BCUT2D eigenvalue weighted by atomic mass is 79.9. The largest absolute Gasteiger partial charge is 0.507 e. The number of hydrogen-bond donors (Lipinski definition) is 2. The summed E-state index contributed by atoms with van der Waals surface area (Å²) < 4.78 is 15.8. The Balaban J connectivity index is 2.04. The molecule has 0 aliphatic carbocycles. The van der Waals surface area contributed by atoms with Crippen molar-refractivity contribution >= 4 is 34.4 Å². The molecule has 0 spiro atoms. The van der Waals surface area contributed by atoms with Gasteiger partial charge in [0.25, 0.3) is 0 Å². The lowest BCUT2D eigenvalue weighted by Gasteiger charge is -2.02. The molecule has 0 aliphatic rings. The van der Waals surface area contributed by atoms with E-state index in [1.165, 1.54) is 23.0 Å². The molecule has 0 aliphatic heterocycles. The maximum atomic E-state index is 13.4. The van der Waals surface area contributed by atoms with Gasteiger partial charge < -0.3 is 5.11 Å². The monoisotopic (exact) mass is 392 g/mol. The molecule has 2 aromatic carbocycles. The van der Waals surface area contributed by atoms with E-state index in [0.29, 0.717) is 17.0 Å². The van der Waals surface area contributed by atoms with Gasteiger partial charge in [0.05, 0.1) is 6.21 Å².